The summed E-state index contributed by atoms with van der Waals surface area (Å²) in [5.41, 5.74) is 1.24. The van der Waals surface area contributed by atoms with Crippen LogP contribution in [0.3, 0.4) is 0 Å². The lowest BCUT2D eigenvalue weighted by molar-refractivity contribution is -0.114. The van der Waals surface area contributed by atoms with Gasteiger partial charge >= 0.3 is 0 Å². The van der Waals surface area contributed by atoms with Crippen molar-refractivity contribution >= 4 is 11.4 Å². The lowest BCUT2D eigenvalue weighted by atomic mass is 9.79. The van der Waals surface area contributed by atoms with Crippen LogP contribution in [0.5, 0.6) is 0 Å². The van der Waals surface area contributed by atoms with Gasteiger partial charge in [0.1, 0.15) is 5.76 Å². The van der Waals surface area contributed by atoms with Crippen molar-refractivity contribution in [2.45, 2.75) is 27.2 Å². The highest BCUT2D eigenvalue weighted by Gasteiger charge is 2.39. The zero-order valence-corrected chi connectivity index (χ0v) is 10.5. The third-order valence-electron chi connectivity index (χ3n) is 3.36. The van der Waals surface area contributed by atoms with Gasteiger partial charge in [0.15, 0.2) is 5.78 Å². The molecule has 1 atom stereocenters. The van der Waals surface area contributed by atoms with Gasteiger partial charge in [-0.05, 0) is 11.0 Å². The lowest BCUT2D eigenvalue weighted by Crippen LogP contribution is -2.20. The number of ketones is 1. The first-order valence-electron chi connectivity index (χ1n) is 5.93. The Morgan fingerprint density at radius 3 is 2.24 bits per heavy atom. The number of aliphatic hydroxyl groups excluding tert-OH is 1. The summed E-state index contributed by atoms with van der Waals surface area (Å²) >= 11 is 0. The molecule has 0 heterocycles. The van der Waals surface area contributed by atoms with Crippen molar-refractivity contribution in [3.05, 3.63) is 41.7 Å². The average Bonchev–Trinajstić information content (AvgIpc) is 2.55. The maximum absolute atomic E-state index is 12.0. The standard InChI is InChI=1S/C15H18O2/c1-15(2,3)11-9-12(16)13(14(11)17)10-7-5-4-6-8-10/h4-8,11,17H,9H2,1-3H3. The van der Waals surface area contributed by atoms with Crippen molar-refractivity contribution in [3.63, 3.8) is 0 Å². The molecule has 1 aliphatic carbocycles. The molecule has 0 aromatic heterocycles. The van der Waals surface area contributed by atoms with Crippen molar-refractivity contribution < 1.29 is 9.90 Å². The quantitative estimate of drug-likeness (QED) is 0.800. The van der Waals surface area contributed by atoms with Crippen LogP contribution >= 0.6 is 0 Å². The van der Waals surface area contributed by atoms with Crippen molar-refractivity contribution in [3.8, 4) is 0 Å². The SMILES string of the molecule is CC(C)(C)C1CC(=O)C(c2ccccc2)=C1O. The van der Waals surface area contributed by atoms with E-state index < -0.39 is 0 Å². The van der Waals surface area contributed by atoms with Gasteiger partial charge in [0.05, 0.1) is 5.57 Å². The third-order valence-corrected chi connectivity index (χ3v) is 3.36. The molecule has 0 bridgehead atoms. The fourth-order valence-corrected chi connectivity index (χ4v) is 2.33. The van der Waals surface area contributed by atoms with Crippen molar-refractivity contribution in [2.24, 2.45) is 11.3 Å². The van der Waals surface area contributed by atoms with E-state index in [1.165, 1.54) is 0 Å². The van der Waals surface area contributed by atoms with E-state index in [1.54, 1.807) is 0 Å². The first kappa shape index (κ1) is 11.9. The summed E-state index contributed by atoms with van der Waals surface area (Å²) in [5, 5.41) is 10.3. The zero-order valence-electron chi connectivity index (χ0n) is 10.5. The fraction of sp³-hybridized carbons (Fsp3) is 0.400. The summed E-state index contributed by atoms with van der Waals surface area (Å²) in [6.45, 7) is 6.15. The number of carbonyl (C=O) groups is 1. The Labute approximate surface area is 102 Å². The molecule has 90 valence electrons. The van der Waals surface area contributed by atoms with E-state index in [4.69, 9.17) is 0 Å². The Kier molecular flexibility index (Phi) is 2.82. The van der Waals surface area contributed by atoms with Gasteiger partial charge in [0.2, 0.25) is 0 Å². The maximum atomic E-state index is 12.0. The second-order valence-corrected chi connectivity index (χ2v) is 5.67. The lowest BCUT2D eigenvalue weighted by Gasteiger charge is -2.26. The molecule has 1 aromatic carbocycles. The number of hydrogen-bond donors (Lipinski definition) is 1. The van der Waals surface area contributed by atoms with E-state index in [-0.39, 0.29) is 22.9 Å². The number of aliphatic hydroxyl groups is 1. The monoisotopic (exact) mass is 230 g/mol. The van der Waals surface area contributed by atoms with Crippen LogP contribution in [0, 0.1) is 11.3 Å². The molecule has 1 unspecified atom stereocenters. The molecule has 2 nitrogen and oxygen atoms in total. The molecule has 1 aliphatic rings. The smallest absolute Gasteiger partial charge is 0.167 e. The molecule has 17 heavy (non-hydrogen) atoms. The van der Waals surface area contributed by atoms with Crippen LogP contribution in [0.4, 0.5) is 0 Å². The van der Waals surface area contributed by atoms with Crippen LogP contribution in [0.25, 0.3) is 5.57 Å². The second kappa shape index (κ2) is 4.02. The molecule has 0 saturated carbocycles. The summed E-state index contributed by atoms with van der Waals surface area (Å²) in [7, 11) is 0. The molecule has 0 amide bonds. The van der Waals surface area contributed by atoms with Crippen molar-refractivity contribution in [2.75, 3.05) is 0 Å². The van der Waals surface area contributed by atoms with Crippen molar-refractivity contribution in [1.82, 2.24) is 0 Å². The van der Waals surface area contributed by atoms with E-state index in [0.717, 1.165) is 5.56 Å². The van der Waals surface area contributed by atoms with Gasteiger partial charge in [-0.15, -0.1) is 0 Å². The second-order valence-electron chi connectivity index (χ2n) is 5.67. The molecule has 1 aromatic rings. The molecule has 2 rings (SSSR count). The maximum Gasteiger partial charge on any atom is 0.167 e. The molecular formula is C15H18O2. The first-order chi connectivity index (χ1) is 7.91. The Morgan fingerprint density at radius 2 is 1.76 bits per heavy atom. The van der Waals surface area contributed by atoms with Crippen molar-refractivity contribution in [1.29, 1.82) is 0 Å². The number of Topliss-reactive ketones (excluding diaryl/α,β-unsaturated/α-hetero) is 1. The molecule has 0 aliphatic heterocycles. The Hall–Kier alpha value is -1.57. The van der Waals surface area contributed by atoms with E-state index in [9.17, 15) is 9.90 Å². The molecule has 0 radical (unpaired) electrons. The summed E-state index contributed by atoms with van der Waals surface area (Å²) in [4.78, 5) is 12.0. The number of rotatable bonds is 1. The van der Waals surface area contributed by atoms with Gasteiger partial charge in [0.25, 0.3) is 0 Å². The molecular weight excluding hydrogens is 212 g/mol. The van der Waals surface area contributed by atoms with Gasteiger partial charge < -0.3 is 5.11 Å². The summed E-state index contributed by atoms with van der Waals surface area (Å²) < 4.78 is 0. The van der Waals surface area contributed by atoms with Crippen LogP contribution < -0.4 is 0 Å². The molecule has 2 heteroatoms. The van der Waals surface area contributed by atoms with Gasteiger partial charge in [-0.2, -0.15) is 0 Å². The van der Waals surface area contributed by atoms with Crippen LogP contribution in [-0.4, -0.2) is 10.9 Å². The average molecular weight is 230 g/mol. The summed E-state index contributed by atoms with van der Waals surface area (Å²) in [5.74, 6) is 0.243. The summed E-state index contributed by atoms with van der Waals surface area (Å²) in [6, 6.07) is 9.41. The number of benzene rings is 1. The van der Waals surface area contributed by atoms with Crippen LogP contribution in [0.2, 0.25) is 0 Å². The van der Waals surface area contributed by atoms with E-state index >= 15 is 0 Å². The predicted octanol–water partition coefficient (Wildman–Crippen LogP) is 3.59. The van der Waals surface area contributed by atoms with Gasteiger partial charge in [-0.25, -0.2) is 0 Å². The first-order valence-corrected chi connectivity index (χ1v) is 5.93. The highest BCUT2D eigenvalue weighted by Crippen LogP contribution is 2.43. The minimum atomic E-state index is -0.0870. The minimum Gasteiger partial charge on any atom is -0.511 e. The highest BCUT2D eigenvalue weighted by molar-refractivity contribution is 6.23. The number of carbonyl (C=O) groups excluding carboxylic acids is 1. The molecule has 0 saturated heterocycles. The zero-order chi connectivity index (χ0) is 12.6. The van der Waals surface area contributed by atoms with Gasteiger partial charge in [-0.1, -0.05) is 51.1 Å². The molecule has 1 N–H and O–H groups in total. The predicted molar refractivity (Wildman–Crippen MR) is 68.6 cm³/mol. The number of allylic oxidation sites excluding steroid dienone is 2. The molecule has 0 fully saturated rings. The minimum absolute atomic E-state index is 0.0497. The van der Waals surface area contributed by atoms with Gasteiger partial charge in [-0.3, -0.25) is 4.79 Å². The number of hydrogen-bond acceptors (Lipinski definition) is 2. The van der Waals surface area contributed by atoms with Crippen LogP contribution in [0.1, 0.15) is 32.8 Å². The van der Waals surface area contributed by atoms with Gasteiger partial charge in [0, 0.05) is 12.3 Å². The molecule has 0 spiro atoms. The Bertz CT molecular complexity index is 463. The topological polar surface area (TPSA) is 37.3 Å². The third kappa shape index (κ3) is 2.12. The Morgan fingerprint density at radius 1 is 1.18 bits per heavy atom. The van der Waals surface area contributed by atoms with Crippen LogP contribution in [-0.2, 0) is 4.79 Å². The van der Waals surface area contributed by atoms with E-state index in [1.807, 2.05) is 30.3 Å². The Balaban J connectivity index is 2.46. The van der Waals surface area contributed by atoms with Crippen LogP contribution in [0.15, 0.2) is 36.1 Å². The van der Waals surface area contributed by atoms with E-state index in [2.05, 4.69) is 20.8 Å². The normalized spacial score (nSPS) is 21.1. The summed E-state index contributed by atoms with van der Waals surface area (Å²) in [6.07, 6.45) is 0.416. The fourth-order valence-electron chi connectivity index (χ4n) is 2.33. The largest absolute Gasteiger partial charge is 0.511 e. The van der Waals surface area contributed by atoms with E-state index in [0.29, 0.717) is 12.0 Å². The highest BCUT2D eigenvalue weighted by atomic mass is 16.3.